The number of fused-ring (bicyclic) bond motifs is 1. The van der Waals surface area contributed by atoms with Crippen LogP contribution < -0.4 is 10.1 Å². The molecule has 0 fully saturated rings. The summed E-state index contributed by atoms with van der Waals surface area (Å²) in [6.07, 6.45) is 1.74. The molecule has 0 aliphatic carbocycles. The lowest BCUT2D eigenvalue weighted by Crippen LogP contribution is -2.03. The summed E-state index contributed by atoms with van der Waals surface area (Å²) in [4.78, 5) is 8.99. The first-order valence-corrected chi connectivity index (χ1v) is 7.00. The Balaban J connectivity index is 2.13. The lowest BCUT2D eigenvalue weighted by Gasteiger charge is -2.08. The van der Waals surface area contributed by atoms with Gasteiger partial charge in [0.2, 0.25) is 5.95 Å². The number of aromatic nitrogens is 4. The van der Waals surface area contributed by atoms with Crippen LogP contribution in [0.1, 0.15) is 13.8 Å². The van der Waals surface area contributed by atoms with E-state index < -0.39 is 0 Å². The molecule has 0 spiro atoms. The molecule has 0 unspecified atom stereocenters. The summed E-state index contributed by atoms with van der Waals surface area (Å²) in [6, 6.07) is 7.88. The van der Waals surface area contributed by atoms with Crippen LogP contribution in [0.15, 0.2) is 30.5 Å². The summed E-state index contributed by atoms with van der Waals surface area (Å²) in [5.41, 5.74) is 2.54. The van der Waals surface area contributed by atoms with Crippen LogP contribution in [0.3, 0.4) is 0 Å². The van der Waals surface area contributed by atoms with Gasteiger partial charge in [0, 0.05) is 12.1 Å². The molecule has 6 heteroatoms. The van der Waals surface area contributed by atoms with Crippen molar-refractivity contribution in [3.05, 3.63) is 30.5 Å². The zero-order chi connectivity index (χ0) is 14.7. The number of hydrogen-bond acceptors (Lipinski definition) is 5. The minimum absolute atomic E-state index is 0.589. The summed E-state index contributed by atoms with van der Waals surface area (Å²) >= 11 is 0. The van der Waals surface area contributed by atoms with Crippen molar-refractivity contribution >= 4 is 17.0 Å². The number of hydrogen-bond donors (Lipinski definition) is 2. The first kappa shape index (κ1) is 13.4. The van der Waals surface area contributed by atoms with E-state index in [2.05, 4.69) is 25.5 Å². The highest BCUT2D eigenvalue weighted by Crippen LogP contribution is 2.28. The van der Waals surface area contributed by atoms with Crippen LogP contribution in [0.25, 0.3) is 22.3 Å². The molecule has 0 atom stereocenters. The van der Waals surface area contributed by atoms with Crippen molar-refractivity contribution in [1.29, 1.82) is 0 Å². The van der Waals surface area contributed by atoms with Gasteiger partial charge >= 0.3 is 0 Å². The number of anilines is 1. The van der Waals surface area contributed by atoms with Crippen molar-refractivity contribution in [2.24, 2.45) is 0 Å². The van der Waals surface area contributed by atoms with E-state index in [0.717, 1.165) is 34.6 Å². The number of nitrogens with one attached hydrogen (secondary N) is 2. The lowest BCUT2D eigenvalue weighted by atomic mass is 10.1. The summed E-state index contributed by atoms with van der Waals surface area (Å²) in [5.74, 6) is 1.42. The fraction of sp³-hybridized carbons (Fsp3) is 0.267. The summed E-state index contributed by atoms with van der Waals surface area (Å²) in [7, 11) is 0. The fourth-order valence-electron chi connectivity index (χ4n) is 2.19. The van der Waals surface area contributed by atoms with Gasteiger partial charge < -0.3 is 10.1 Å². The van der Waals surface area contributed by atoms with Gasteiger partial charge in [0.05, 0.1) is 23.9 Å². The maximum atomic E-state index is 5.56. The number of benzene rings is 1. The maximum Gasteiger partial charge on any atom is 0.225 e. The molecule has 0 aliphatic rings. The Labute approximate surface area is 122 Å². The predicted octanol–water partition coefficient (Wildman–Crippen LogP) is 2.85. The molecule has 0 aliphatic heterocycles. The van der Waals surface area contributed by atoms with E-state index in [0.29, 0.717) is 12.6 Å². The highest BCUT2D eigenvalue weighted by Gasteiger charge is 2.11. The van der Waals surface area contributed by atoms with E-state index in [1.54, 1.807) is 6.20 Å². The van der Waals surface area contributed by atoms with Crippen LogP contribution >= 0.6 is 0 Å². The number of aromatic amines is 1. The fourth-order valence-corrected chi connectivity index (χ4v) is 2.19. The molecule has 21 heavy (non-hydrogen) atoms. The normalized spacial score (nSPS) is 10.8. The maximum absolute atomic E-state index is 5.56. The van der Waals surface area contributed by atoms with Gasteiger partial charge in [-0.15, -0.1) is 0 Å². The van der Waals surface area contributed by atoms with Crippen molar-refractivity contribution < 1.29 is 4.74 Å². The molecule has 0 bridgehead atoms. The first-order chi connectivity index (χ1) is 10.3. The van der Waals surface area contributed by atoms with Gasteiger partial charge in [0.1, 0.15) is 5.75 Å². The lowest BCUT2D eigenvalue weighted by molar-refractivity contribution is 0.340. The molecule has 2 heterocycles. The Morgan fingerprint density at radius 2 is 2.14 bits per heavy atom. The molecule has 0 saturated carbocycles. The average Bonchev–Trinajstić information content (AvgIpc) is 2.96. The van der Waals surface area contributed by atoms with Gasteiger partial charge in [0.15, 0.2) is 5.65 Å². The second kappa shape index (κ2) is 5.78. The van der Waals surface area contributed by atoms with Crippen molar-refractivity contribution in [2.75, 3.05) is 18.5 Å². The van der Waals surface area contributed by atoms with Gasteiger partial charge in [-0.25, -0.2) is 4.98 Å². The van der Waals surface area contributed by atoms with Crippen LogP contribution in [0.2, 0.25) is 0 Å². The molecule has 1 aromatic carbocycles. The minimum Gasteiger partial charge on any atom is -0.494 e. The highest BCUT2D eigenvalue weighted by atomic mass is 16.5. The molecule has 108 valence electrons. The molecule has 2 N–H and O–H groups in total. The Morgan fingerprint density at radius 1 is 1.24 bits per heavy atom. The van der Waals surface area contributed by atoms with Gasteiger partial charge in [-0.2, -0.15) is 10.1 Å². The van der Waals surface area contributed by atoms with Crippen molar-refractivity contribution in [1.82, 2.24) is 20.2 Å². The zero-order valence-electron chi connectivity index (χ0n) is 12.1. The third-order valence-corrected chi connectivity index (χ3v) is 3.06. The van der Waals surface area contributed by atoms with Crippen LogP contribution in [0.5, 0.6) is 5.75 Å². The number of ether oxygens (including phenoxy) is 1. The monoisotopic (exact) mass is 283 g/mol. The summed E-state index contributed by atoms with van der Waals surface area (Å²) in [6.45, 7) is 5.37. The summed E-state index contributed by atoms with van der Waals surface area (Å²) in [5, 5.41) is 11.0. The standard InChI is InChI=1S/C15H17N5O/c1-3-16-15-18-13(12-9-17-20-14(12)19-15)10-6-5-7-11(8-10)21-4-2/h5-9H,3-4H2,1-2H3,(H2,16,17,18,19,20). The third-order valence-electron chi connectivity index (χ3n) is 3.06. The molecular weight excluding hydrogens is 266 g/mol. The molecule has 0 amide bonds. The van der Waals surface area contributed by atoms with Crippen molar-refractivity contribution in [2.45, 2.75) is 13.8 Å². The third kappa shape index (κ3) is 2.65. The van der Waals surface area contributed by atoms with E-state index in [4.69, 9.17) is 4.74 Å². The van der Waals surface area contributed by atoms with Gasteiger partial charge in [-0.05, 0) is 26.0 Å². The Hall–Kier alpha value is -2.63. The molecule has 3 rings (SSSR count). The van der Waals surface area contributed by atoms with Crippen molar-refractivity contribution in [3.63, 3.8) is 0 Å². The highest BCUT2D eigenvalue weighted by molar-refractivity contribution is 5.90. The molecule has 0 radical (unpaired) electrons. The Morgan fingerprint density at radius 3 is 2.95 bits per heavy atom. The quantitative estimate of drug-likeness (QED) is 0.753. The second-order valence-electron chi connectivity index (χ2n) is 4.52. The van der Waals surface area contributed by atoms with E-state index in [9.17, 15) is 0 Å². The van der Waals surface area contributed by atoms with Gasteiger partial charge in [0.25, 0.3) is 0 Å². The van der Waals surface area contributed by atoms with Gasteiger partial charge in [-0.1, -0.05) is 12.1 Å². The average molecular weight is 283 g/mol. The van der Waals surface area contributed by atoms with Crippen molar-refractivity contribution in [3.8, 4) is 17.0 Å². The molecule has 2 aromatic heterocycles. The first-order valence-electron chi connectivity index (χ1n) is 7.00. The number of rotatable bonds is 5. The number of nitrogens with zero attached hydrogens (tertiary/aromatic N) is 3. The van der Waals surface area contributed by atoms with E-state index in [1.165, 1.54) is 0 Å². The van der Waals surface area contributed by atoms with E-state index in [1.807, 2.05) is 38.1 Å². The van der Waals surface area contributed by atoms with Crippen LogP contribution in [-0.2, 0) is 0 Å². The SMILES string of the molecule is CCNc1nc(-c2cccc(OCC)c2)c2cn[nH]c2n1. The van der Waals surface area contributed by atoms with E-state index in [-0.39, 0.29) is 0 Å². The van der Waals surface area contributed by atoms with Crippen LogP contribution in [-0.4, -0.2) is 33.3 Å². The molecule has 0 saturated heterocycles. The smallest absolute Gasteiger partial charge is 0.225 e. The Kier molecular flexibility index (Phi) is 3.68. The minimum atomic E-state index is 0.589. The topological polar surface area (TPSA) is 75.7 Å². The second-order valence-corrected chi connectivity index (χ2v) is 4.52. The zero-order valence-corrected chi connectivity index (χ0v) is 12.1. The summed E-state index contributed by atoms with van der Waals surface area (Å²) < 4.78 is 5.56. The van der Waals surface area contributed by atoms with E-state index >= 15 is 0 Å². The van der Waals surface area contributed by atoms with Crippen LogP contribution in [0, 0.1) is 0 Å². The molecular formula is C15H17N5O. The van der Waals surface area contributed by atoms with Crippen LogP contribution in [0.4, 0.5) is 5.95 Å². The molecule has 6 nitrogen and oxygen atoms in total. The predicted molar refractivity (Wildman–Crippen MR) is 82.5 cm³/mol. The Bertz CT molecular complexity index is 753. The van der Waals surface area contributed by atoms with Gasteiger partial charge in [-0.3, -0.25) is 5.10 Å². The molecule has 3 aromatic rings. The number of H-pyrrole nitrogens is 1. The largest absolute Gasteiger partial charge is 0.494 e.